The third-order valence-corrected chi connectivity index (χ3v) is 4.65. The number of nitrogens with two attached hydrogens (primary N) is 1. The highest BCUT2D eigenvalue weighted by atomic mass is 35.5. The molecule has 6 heteroatoms. The van der Waals surface area contributed by atoms with Crippen molar-refractivity contribution in [2.45, 2.75) is 17.9 Å². The van der Waals surface area contributed by atoms with Crippen LogP contribution in [-0.4, -0.2) is 8.42 Å². The van der Waals surface area contributed by atoms with Crippen molar-refractivity contribution in [3.05, 3.63) is 59.1 Å². The van der Waals surface area contributed by atoms with Crippen molar-refractivity contribution in [2.24, 2.45) is 0 Å². The lowest BCUT2D eigenvalue weighted by Gasteiger charge is -2.15. The first kappa shape index (κ1) is 14.8. The summed E-state index contributed by atoms with van der Waals surface area (Å²) in [6.45, 7) is 1.77. The first-order valence-corrected chi connectivity index (χ1v) is 7.88. The van der Waals surface area contributed by atoms with Gasteiger partial charge in [0.05, 0.1) is 4.90 Å². The Labute approximate surface area is 123 Å². The summed E-state index contributed by atoms with van der Waals surface area (Å²) >= 11 is 5.82. The highest BCUT2D eigenvalue weighted by Gasteiger charge is 2.18. The van der Waals surface area contributed by atoms with Crippen molar-refractivity contribution in [1.29, 1.82) is 0 Å². The number of sulfonamides is 1. The van der Waals surface area contributed by atoms with E-state index in [1.54, 1.807) is 43.3 Å². The number of nitrogen functional groups attached to an aromatic ring is 1. The summed E-state index contributed by atoms with van der Waals surface area (Å²) in [6, 6.07) is 12.8. The molecule has 106 valence electrons. The van der Waals surface area contributed by atoms with Gasteiger partial charge in [-0.2, -0.15) is 0 Å². The van der Waals surface area contributed by atoms with Crippen molar-refractivity contribution in [1.82, 2.24) is 4.72 Å². The van der Waals surface area contributed by atoms with E-state index in [1.165, 1.54) is 12.1 Å². The van der Waals surface area contributed by atoms with Crippen molar-refractivity contribution in [3.8, 4) is 0 Å². The predicted octanol–water partition coefficient (Wildman–Crippen LogP) is 2.96. The van der Waals surface area contributed by atoms with E-state index in [9.17, 15) is 8.42 Å². The quantitative estimate of drug-likeness (QED) is 0.853. The van der Waals surface area contributed by atoms with Crippen LogP contribution in [-0.2, 0) is 10.0 Å². The van der Waals surface area contributed by atoms with E-state index < -0.39 is 10.0 Å². The molecule has 1 atom stereocenters. The average molecular weight is 311 g/mol. The molecule has 0 saturated carbocycles. The largest absolute Gasteiger partial charge is 0.399 e. The van der Waals surface area contributed by atoms with Gasteiger partial charge in [-0.3, -0.25) is 0 Å². The molecule has 0 saturated heterocycles. The molecule has 0 spiro atoms. The van der Waals surface area contributed by atoms with Gasteiger partial charge in [-0.05, 0) is 42.8 Å². The van der Waals surface area contributed by atoms with Crippen LogP contribution in [0, 0.1) is 0 Å². The maximum Gasteiger partial charge on any atom is 0.241 e. The SMILES string of the molecule is CC(NS(=O)(=O)c1cccc(Cl)c1)c1ccc(N)cc1. The molecule has 0 radical (unpaired) electrons. The molecule has 2 aromatic rings. The third-order valence-electron chi connectivity index (χ3n) is 2.87. The lowest BCUT2D eigenvalue weighted by atomic mass is 10.1. The number of benzene rings is 2. The zero-order valence-electron chi connectivity index (χ0n) is 10.9. The summed E-state index contributed by atoms with van der Waals surface area (Å²) in [5.74, 6) is 0. The van der Waals surface area contributed by atoms with Crippen LogP contribution in [0.4, 0.5) is 5.69 Å². The Morgan fingerprint density at radius 3 is 2.40 bits per heavy atom. The summed E-state index contributed by atoms with van der Waals surface area (Å²) in [5.41, 5.74) is 7.08. The van der Waals surface area contributed by atoms with E-state index in [0.717, 1.165) is 5.56 Å². The second-order valence-electron chi connectivity index (χ2n) is 4.47. The summed E-state index contributed by atoms with van der Waals surface area (Å²) < 4.78 is 27.1. The molecule has 2 rings (SSSR count). The number of anilines is 1. The first-order chi connectivity index (χ1) is 9.38. The highest BCUT2D eigenvalue weighted by molar-refractivity contribution is 7.89. The van der Waals surface area contributed by atoms with Crippen LogP contribution in [0.5, 0.6) is 0 Å². The maximum absolute atomic E-state index is 12.2. The Kier molecular flexibility index (Phi) is 4.32. The minimum Gasteiger partial charge on any atom is -0.399 e. The van der Waals surface area contributed by atoms with Gasteiger partial charge in [-0.1, -0.05) is 29.8 Å². The molecule has 0 aliphatic carbocycles. The molecule has 0 bridgehead atoms. The molecule has 4 nitrogen and oxygen atoms in total. The van der Waals surface area contributed by atoms with Crippen LogP contribution in [0.25, 0.3) is 0 Å². The van der Waals surface area contributed by atoms with E-state index in [2.05, 4.69) is 4.72 Å². The first-order valence-electron chi connectivity index (χ1n) is 6.02. The number of nitrogens with one attached hydrogen (secondary N) is 1. The van der Waals surface area contributed by atoms with Crippen LogP contribution in [0.3, 0.4) is 0 Å². The topological polar surface area (TPSA) is 72.2 Å². The summed E-state index contributed by atoms with van der Waals surface area (Å²) in [7, 11) is -3.61. The lowest BCUT2D eigenvalue weighted by molar-refractivity contribution is 0.567. The van der Waals surface area contributed by atoms with Gasteiger partial charge >= 0.3 is 0 Å². The fraction of sp³-hybridized carbons (Fsp3) is 0.143. The van der Waals surface area contributed by atoms with Crippen LogP contribution >= 0.6 is 11.6 Å². The molecular weight excluding hydrogens is 296 g/mol. The predicted molar refractivity (Wildman–Crippen MR) is 81.0 cm³/mol. The molecule has 0 aliphatic rings. The highest BCUT2D eigenvalue weighted by Crippen LogP contribution is 2.20. The minimum absolute atomic E-state index is 0.146. The van der Waals surface area contributed by atoms with Gasteiger partial charge in [-0.25, -0.2) is 13.1 Å². The molecule has 1 unspecified atom stereocenters. The van der Waals surface area contributed by atoms with Gasteiger partial charge < -0.3 is 5.73 Å². The fourth-order valence-corrected chi connectivity index (χ4v) is 3.32. The maximum atomic E-state index is 12.2. The second kappa shape index (κ2) is 5.83. The van der Waals surface area contributed by atoms with Crippen molar-refractivity contribution < 1.29 is 8.42 Å². The molecule has 0 aliphatic heterocycles. The molecule has 2 aromatic carbocycles. The third kappa shape index (κ3) is 3.50. The molecule has 20 heavy (non-hydrogen) atoms. The van der Waals surface area contributed by atoms with E-state index in [4.69, 9.17) is 17.3 Å². The lowest BCUT2D eigenvalue weighted by Crippen LogP contribution is -2.26. The zero-order valence-corrected chi connectivity index (χ0v) is 12.4. The molecule has 0 fully saturated rings. The Bertz CT molecular complexity index is 699. The smallest absolute Gasteiger partial charge is 0.241 e. The van der Waals surface area contributed by atoms with E-state index in [-0.39, 0.29) is 10.9 Å². The fourth-order valence-electron chi connectivity index (χ4n) is 1.79. The van der Waals surface area contributed by atoms with Gasteiger partial charge in [0, 0.05) is 16.8 Å². The van der Waals surface area contributed by atoms with E-state index >= 15 is 0 Å². The summed E-state index contributed by atoms with van der Waals surface area (Å²) in [6.07, 6.45) is 0. The molecular formula is C14H15ClN2O2S. The second-order valence-corrected chi connectivity index (χ2v) is 6.62. The number of hydrogen-bond donors (Lipinski definition) is 2. The van der Waals surface area contributed by atoms with Gasteiger partial charge in [0.2, 0.25) is 10.0 Å². The number of rotatable bonds is 4. The summed E-state index contributed by atoms with van der Waals surface area (Å²) in [5, 5.41) is 0.382. The normalized spacial score (nSPS) is 13.1. The number of hydrogen-bond acceptors (Lipinski definition) is 3. The Hall–Kier alpha value is -1.56. The zero-order chi connectivity index (χ0) is 14.8. The number of halogens is 1. The molecule has 3 N–H and O–H groups in total. The Balaban J connectivity index is 2.22. The Morgan fingerprint density at radius 2 is 1.80 bits per heavy atom. The molecule has 0 amide bonds. The van der Waals surface area contributed by atoms with Crippen LogP contribution in [0.15, 0.2) is 53.4 Å². The summed E-state index contributed by atoms with van der Waals surface area (Å²) in [4.78, 5) is 0.146. The van der Waals surface area contributed by atoms with Crippen LogP contribution < -0.4 is 10.5 Å². The van der Waals surface area contributed by atoms with Gasteiger partial charge in [0.1, 0.15) is 0 Å². The minimum atomic E-state index is -3.61. The Morgan fingerprint density at radius 1 is 1.15 bits per heavy atom. The molecule has 0 aromatic heterocycles. The van der Waals surface area contributed by atoms with E-state index in [0.29, 0.717) is 10.7 Å². The van der Waals surface area contributed by atoms with Gasteiger partial charge in [-0.15, -0.1) is 0 Å². The monoisotopic (exact) mass is 310 g/mol. The van der Waals surface area contributed by atoms with Gasteiger partial charge in [0.25, 0.3) is 0 Å². The van der Waals surface area contributed by atoms with E-state index in [1.807, 2.05) is 0 Å². The standard InChI is InChI=1S/C14H15ClN2O2S/c1-10(11-5-7-13(16)8-6-11)17-20(18,19)14-4-2-3-12(15)9-14/h2-10,17H,16H2,1H3. The van der Waals surface area contributed by atoms with Gasteiger partial charge in [0.15, 0.2) is 0 Å². The van der Waals surface area contributed by atoms with Crippen molar-refractivity contribution >= 4 is 27.3 Å². The van der Waals surface area contributed by atoms with Crippen LogP contribution in [0.2, 0.25) is 5.02 Å². The van der Waals surface area contributed by atoms with Crippen LogP contribution in [0.1, 0.15) is 18.5 Å². The molecule has 0 heterocycles. The average Bonchev–Trinajstić information content (AvgIpc) is 2.39. The van der Waals surface area contributed by atoms with Crippen molar-refractivity contribution in [3.63, 3.8) is 0 Å². The van der Waals surface area contributed by atoms with Crippen molar-refractivity contribution in [2.75, 3.05) is 5.73 Å².